The number of aromatic nitrogens is 3. The highest BCUT2D eigenvalue weighted by Crippen LogP contribution is 2.26. The van der Waals surface area contributed by atoms with E-state index < -0.39 is 0 Å². The van der Waals surface area contributed by atoms with Crippen molar-refractivity contribution in [1.82, 2.24) is 20.3 Å². The second-order valence-corrected chi connectivity index (χ2v) is 6.58. The van der Waals surface area contributed by atoms with Gasteiger partial charge in [0, 0.05) is 30.9 Å². The van der Waals surface area contributed by atoms with Gasteiger partial charge in [0.15, 0.2) is 0 Å². The van der Waals surface area contributed by atoms with Crippen LogP contribution in [0.4, 0.5) is 5.82 Å². The topological polar surface area (TPSA) is 79.8 Å². The quantitative estimate of drug-likeness (QED) is 0.827. The molecule has 21 heavy (non-hydrogen) atoms. The van der Waals surface area contributed by atoms with Crippen molar-refractivity contribution in [1.29, 1.82) is 0 Å². The van der Waals surface area contributed by atoms with Gasteiger partial charge in [-0.3, -0.25) is 9.78 Å². The molecule has 0 aromatic carbocycles. The van der Waals surface area contributed by atoms with E-state index in [-0.39, 0.29) is 11.3 Å². The summed E-state index contributed by atoms with van der Waals surface area (Å²) in [7, 11) is 0. The van der Waals surface area contributed by atoms with Crippen LogP contribution in [-0.2, 0) is 5.41 Å². The molecule has 0 unspecified atom stereocenters. The molecule has 2 rings (SSSR count). The second-order valence-electron chi connectivity index (χ2n) is 5.55. The van der Waals surface area contributed by atoms with Gasteiger partial charge in [-0.2, -0.15) is 0 Å². The van der Waals surface area contributed by atoms with Gasteiger partial charge < -0.3 is 10.6 Å². The monoisotopic (exact) mass is 305 g/mol. The maximum atomic E-state index is 12.0. The maximum absolute atomic E-state index is 12.0. The largest absolute Gasteiger partial charge is 0.367 e. The summed E-state index contributed by atoms with van der Waals surface area (Å²) in [6, 6.07) is 0. The fraction of sp³-hybridized carbons (Fsp3) is 0.429. The van der Waals surface area contributed by atoms with Gasteiger partial charge in [0.2, 0.25) is 0 Å². The van der Waals surface area contributed by atoms with E-state index in [0.717, 1.165) is 5.01 Å². The lowest BCUT2D eigenvalue weighted by Crippen LogP contribution is -2.28. The van der Waals surface area contributed by atoms with Crippen molar-refractivity contribution in [3.63, 3.8) is 0 Å². The summed E-state index contributed by atoms with van der Waals surface area (Å²) < 4.78 is 0. The Labute approximate surface area is 128 Å². The van der Waals surface area contributed by atoms with Crippen LogP contribution in [-0.4, -0.2) is 33.9 Å². The molecule has 0 radical (unpaired) electrons. The molecule has 2 heterocycles. The first-order valence-electron chi connectivity index (χ1n) is 6.71. The van der Waals surface area contributed by atoms with E-state index in [1.54, 1.807) is 24.8 Å². The van der Waals surface area contributed by atoms with E-state index in [4.69, 9.17) is 0 Å². The summed E-state index contributed by atoms with van der Waals surface area (Å²) in [5.74, 6) is 0.600. The molecule has 1 amide bonds. The third-order valence-corrected chi connectivity index (χ3v) is 4.07. The standard InChI is InChI=1S/C14H19N5OS/c1-14(2,3)13-19-8-10(21-13)12(20)18-7-6-17-11-9-15-4-5-16-11/h4-5,8-9H,6-7H2,1-3H3,(H,16,17)(H,18,20). The van der Waals surface area contributed by atoms with Crippen LogP contribution in [0.5, 0.6) is 0 Å². The molecule has 7 heteroatoms. The fourth-order valence-corrected chi connectivity index (χ4v) is 2.46. The molecule has 112 valence electrons. The molecule has 2 aromatic rings. The van der Waals surface area contributed by atoms with Crippen LogP contribution in [0.15, 0.2) is 24.8 Å². The Bertz CT molecular complexity index is 591. The Hall–Kier alpha value is -2.02. The molecule has 2 aromatic heterocycles. The fourth-order valence-electron chi connectivity index (χ4n) is 1.57. The Kier molecular flexibility index (Phi) is 4.85. The smallest absolute Gasteiger partial charge is 0.263 e. The SMILES string of the molecule is CC(C)(C)c1ncc(C(=O)NCCNc2cnccn2)s1. The average Bonchev–Trinajstić information content (AvgIpc) is 2.94. The molecule has 0 fully saturated rings. The molecule has 0 spiro atoms. The molecular formula is C14H19N5OS. The van der Waals surface area contributed by atoms with Crippen molar-refractivity contribution < 1.29 is 4.79 Å². The molecule has 0 saturated heterocycles. The summed E-state index contributed by atoms with van der Waals surface area (Å²) in [5, 5.41) is 6.90. The highest BCUT2D eigenvalue weighted by molar-refractivity contribution is 7.13. The average molecular weight is 305 g/mol. The molecule has 0 bridgehead atoms. The number of thiazole rings is 1. The molecule has 0 saturated carbocycles. The van der Waals surface area contributed by atoms with E-state index in [2.05, 4.69) is 46.4 Å². The lowest BCUT2D eigenvalue weighted by atomic mass is 9.98. The number of hydrogen-bond donors (Lipinski definition) is 2. The zero-order chi connectivity index (χ0) is 15.3. The number of nitrogens with one attached hydrogen (secondary N) is 2. The molecule has 0 atom stereocenters. The lowest BCUT2D eigenvalue weighted by molar-refractivity contribution is 0.0959. The van der Waals surface area contributed by atoms with Crippen molar-refractivity contribution in [2.24, 2.45) is 0 Å². The van der Waals surface area contributed by atoms with Gasteiger partial charge in [-0.05, 0) is 0 Å². The first-order valence-corrected chi connectivity index (χ1v) is 7.53. The molecule has 6 nitrogen and oxygen atoms in total. The minimum atomic E-state index is -0.0936. The zero-order valence-electron chi connectivity index (χ0n) is 12.4. The minimum absolute atomic E-state index is 0.0310. The summed E-state index contributed by atoms with van der Waals surface area (Å²) >= 11 is 1.44. The van der Waals surface area contributed by atoms with Crippen LogP contribution in [0.25, 0.3) is 0 Å². The minimum Gasteiger partial charge on any atom is -0.367 e. The molecular weight excluding hydrogens is 286 g/mol. The van der Waals surface area contributed by atoms with Crippen molar-refractivity contribution in [2.75, 3.05) is 18.4 Å². The zero-order valence-corrected chi connectivity index (χ0v) is 13.2. The number of hydrogen-bond acceptors (Lipinski definition) is 6. The van der Waals surface area contributed by atoms with Gasteiger partial charge in [-0.25, -0.2) is 9.97 Å². The number of amides is 1. The third-order valence-electron chi connectivity index (χ3n) is 2.65. The van der Waals surface area contributed by atoms with Crippen LogP contribution in [0.3, 0.4) is 0 Å². The van der Waals surface area contributed by atoms with Gasteiger partial charge in [-0.15, -0.1) is 11.3 Å². The highest BCUT2D eigenvalue weighted by Gasteiger charge is 2.20. The van der Waals surface area contributed by atoms with Crippen LogP contribution < -0.4 is 10.6 Å². The summed E-state index contributed by atoms with van der Waals surface area (Å²) in [5.41, 5.74) is -0.0310. The van der Waals surface area contributed by atoms with E-state index in [1.165, 1.54) is 11.3 Å². The van der Waals surface area contributed by atoms with Crippen molar-refractivity contribution in [2.45, 2.75) is 26.2 Å². The Morgan fingerprint density at radius 1 is 1.19 bits per heavy atom. The predicted molar refractivity (Wildman–Crippen MR) is 83.7 cm³/mol. The highest BCUT2D eigenvalue weighted by atomic mass is 32.1. The van der Waals surface area contributed by atoms with Gasteiger partial charge in [0.25, 0.3) is 5.91 Å². The molecule has 0 aliphatic heterocycles. The Morgan fingerprint density at radius 2 is 2.00 bits per heavy atom. The number of carbonyl (C=O) groups is 1. The number of carbonyl (C=O) groups excluding carboxylic acids is 1. The molecule has 0 aliphatic carbocycles. The maximum Gasteiger partial charge on any atom is 0.263 e. The third kappa shape index (κ3) is 4.49. The van der Waals surface area contributed by atoms with E-state index in [0.29, 0.717) is 23.8 Å². The number of anilines is 1. The van der Waals surface area contributed by atoms with Gasteiger partial charge in [-0.1, -0.05) is 20.8 Å². The van der Waals surface area contributed by atoms with Crippen molar-refractivity contribution in [3.05, 3.63) is 34.7 Å². The lowest BCUT2D eigenvalue weighted by Gasteiger charge is -2.13. The first-order chi connectivity index (χ1) is 9.97. The summed E-state index contributed by atoms with van der Waals surface area (Å²) in [6.07, 6.45) is 6.51. The van der Waals surface area contributed by atoms with E-state index in [1.807, 2.05) is 0 Å². The normalized spacial score (nSPS) is 11.2. The van der Waals surface area contributed by atoms with Gasteiger partial charge >= 0.3 is 0 Å². The summed E-state index contributed by atoms with van der Waals surface area (Å²) in [4.78, 5) is 25.0. The van der Waals surface area contributed by atoms with Gasteiger partial charge in [0.05, 0.1) is 17.4 Å². The van der Waals surface area contributed by atoms with Gasteiger partial charge in [0.1, 0.15) is 10.7 Å². The Balaban J connectivity index is 1.78. The molecule has 0 aliphatic rings. The molecule has 2 N–H and O–H groups in total. The van der Waals surface area contributed by atoms with E-state index >= 15 is 0 Å². The Morgan fingerprint density at radius 3 is 2.62 bits per heavy atom. The van der Waals surface area contributed by atoms with Crippen LogP contribution in [0.2, 0.25) is 0 Å². The van der Waals surface area contributed by atoms with E-state index in [9.17, 15) is 4.79 Å². The number of nitrogens with zero attached hydrogens (tertiary/aromatic N) is 3. The van der Waals surface area contributed by atoms with Crippen LogP contribution >= 0.6 is 11.3 Å². The first kappa shape index (κ1) is 15.4. The predicted octanol–water partition coefficient (Wildman–Crippen LogP) is 2.07. The van der Waals surface area contributed by atoms with Crippen LogP contribution in [0.1, 0.15) is 35.5 Å². The second kappa shape index (κ2) is 6.62. The number of rotatable bonds is 5. The van der Waals surface area contributed by atoms with Crippen molar-refractivity contribution >= 4 is 23.1 Å². The summed E-state index contributed by atoms with van der Waals surface area (Å²) in [6.45, 7) is 7.35. The van der Waals surface area contributed by atoms with Crippen LogP contribution in [0, 0.1) is 0 Å². The van der Waals surface area contributed by atoms with Crippen molar-refractivity contribution in [3.8, 4) is 0 Å².